The minimum absolute atomic E-state index is 0.0627. The zero-order valence-corrected chi connectivity index (χ0v) is 20.0. The van der Waals surface area contributed by atoms with Gasteiger partial charge in [0, 0.05) is 12.6 Å². The number of carbonyl (C=O) groups is 3. The maximum absolute atomic E-state index is 14.3. The molecule has 1 saturated carbocycles. The second-order valence-electron chi connectivity index (χ2n) is 10.6. The first-order chi connectivity index (χ1) is 15.7. The molecular formula is C25H38N2O6. The quantitative estimate of drug-likeness (QED) is 0.536. The van der Waals surface area contributed by atoms with Gasteiger partial charge in [-0.1, -0.05) is 39.2 Å². The van der Waals surface area contributed by atoms with E-state index >= 15 is 0 Å². The number of rotatable bonds is 8. The van der Waals surface area contributed by atoms with Gasteiger partial charge in [0.05, 0.1) is 24.2 Å². The number of amides is 2. The monoisotopic (exact) mass is 462 g/mol. The SMILES string of the molecule is C=CCN(C(=O)C1N([C@@H](CC)CO)C(=O)[C@@H]2[C@H](C(=O)O)[C@@]3(C)OC12CC3C)C1CCCCC1. The van der Waals surface area contributed by atoms with Crippen molar-refractivity contribution in [1.82, 2.24) is 9.80 Å². The van der Waals surface area contributed by atoms with Crippen molar-refractivity contribution in [3.8, 4) is 0 Å². The van der Waals surface area contributed by atoms with Crippen molar-refractivity contribution in [2.45, 2.75) is 95.0 Å². The third kappa shape index (κ3) is 3.35. The number of nitrogens with zero attached hydrogens (tertiary/aromatic N) is 2. The molecule has 4 rings (SSSR count). The second-order valence-corrected chi connectivity index (χ2v) is 10.6. The maximum atomic E-state index is 14.3. The molecule has 1 spiro atoms. The summed E-state index contributed by atoms with van der Waals surface area (Å²) in [6.45, 7) is 9.52. The number of fused-ring (bicyclic) bond motifs is 1. The van der Waals surface area contributed by atoms with Crippen molar-refractivity contribution in [2.75, 3.05) is 13.2 Å². The second kappa shape index (κ2) is 8.69. The van der Waals surface area contributed by atoms with E-state index in [1.165, 1.54) is 4.90 Å². The Morgan fingerprint density at radius 1 is 1.33 bits per heavy atom. The number of carboxylic acids is 1. The first-order valence-electron chi connectivity index (χ1n) is 12.4. The van der Waals surface area contributed by atoms with E-state index in [9.17, 15) is 24.6 Å². The van der Waals surface area contributed by atoms with Crippen LogP contribution in [0.2, 0.25) is 0 Å². The number of hydrogen-bond donors (Lipinski definition) is 2. The fraction of sp³-hybridized carbons (Fsp3) is 0.800. The predicted molar refractivity (Wildman–Crippen MR) is 121 cm³/mol. The highest BCUT2D eigenvalue weighted by Crippen LogP contribution is 2.65. The van der Waals surface area contributed by atoms with Crippen LogP contribution in [-0.2, 0) is 19.1 Å². The number of likely N-dealkylation sites (tertiary alicyclic amines) is 1. The standard InChI is InChI=1S/C25H38N2O6/c1-5-12-26(17-10-8-7-9-11-17)22(30)20-25-13-15(3)24(4,33-25)19(23(31)32)18(25)21(29)27(20)16(6-2)14-28/h5,15-20,28H,1,6-14H2,2-4H3,(H,31,32)/t15?,16-,18-,19+,20?,24-,25?/m0/s1. The molecule has 4 fully saturated rings. The number of carbonyl (C=O) groups excluding carboxylic acids is 2. The smallest absolute Gasteiger partial charge is 0.310 e. The Labute approximate surface area is 195 Å². The number of ether oxygens (including phenoxy) is 1. The van der Waals surface area contributed by atoms with E-state index < -0.39 is 41.1 Å². The molecule has 3 heterocycles. The van der Waals surface area contributed by atoms with Crippen LogP contribution in [0.25, 0.3) is 0 Å². The van der Waals surface area contributed by atoms with Crippen molar-refractivity contribution in [1.29, 1.82) is 0 Å². The van der Waals surface area contributed by atoms with Crippen LogP contribution in [0.5, 0.6) is 0 Å². The summed E-state index contributed by atoms with van der Waals surface area (Å²) in [6.07, 6.45) is 7.68. The summed E-state index contributed by atoms with van der Waals surface area (Å²) < 4.78 is 6.55. The summed E-state index contributed by atoms with van der Waals surface area (Å²) in [4.78, 5) is 43.9. The number of hydrogen-bond acceptors (Lipinski definition) is 5. The van der Waals surface area contributed by atoms with E-state index in [0.717, 1.165) is 32.1 Å². The Kier molecular flexibility index (Phi) is 6.37. The van der Waals surface area contributed by atoms with E-state index in [-0.39, 0.29) is 30.4 Å². The largest absolute Gasteiger partial charge is 0.481 e. The topological polar surface area (TPSA) is 107 Å². The molecule has 3 aliphatic heterocycles. The van der Waals surface area contributed by atoms with Gasteiger partial charge in [-0.2, -0.15) is 0 Å². The molecule has 0 aromatic heterocycles. The van der Waals surface area contributed by atoms with E-state index in [2.05, 4.69) is 6.58 Å². The highest BCUT2D eigenvalue weighted by Gasteiger charge is 2.80. The summed E-state index contributed by atoms with van der Waals surface area (Å²) in [5.41, 5.74) is -2.20. The zero-order valence-electron chi connectivity index (χ0n) is 20.0. The van der Waals surface area contributed by atoms with Crippen LogP contribution in [0.3, 0.4) is 0 Å². The number of aliphatic hydroxyl groups is 1. The minimum Gasteiger partial charge on any atom is -0.481 e. The fourth-order valence-electron chi connectivity index (χ4n) is 7.25. The van der Waals surface area contributed by atoms with Crippen LogP contribution in [0, 0.1) is 17.8 Å². The van der Waals surface area contributed by atoms with Crippen molar-refractivity contribution >= 4 is 17.8 Å². The summed E-state index contributed by atoms with van der Waals surface area (Å²) in [5.74, 6) is -3.71. The third-order valence-corrected chi connectivity index (χ3v) is 8.95. The molecule has 8 nitrogen and oxygen atoms in total. The molecule has 3 saturated heterocycles. The predicted octanol–water partition coefficient (Wildman–Crippen LogP) is 2.20. The van der Waals surface area contributed by atoms with Gasteiger partial charge in [-0.25, -0.2) is 0 Å². The van der Waals surface area contributed by atoms with Crippen LogP contribution in [0.15, 0.2) is 12.7 Å². The van der Waals surface area contributed by atoms with Gasteiger partial charge in [-0.05, 0) is 38.5 Å². The molecule has 8 heteroatoms. The normalized spacial score (nSPS) is 38.9. The Bertz CT molecular complexity index is 822. The first-order valence-corrected chi connectivity index (χ1v) is 12.4. The summed E-state index contributed by atoms with van der Waals surface area (Å²) in [6, 6.07) is -1.45. The molecule has 2 bridgehead atoms. The van der Waals surface area contributed by atoms with E-state index in [4.69, 9.17) is 4.74 Å². The first kappa shape index (κ1) is 24.2. The lowest BCUT2D eigenvalue weighted by molar-refractivity contribution is -0.161. The van der Waals surface area contributed by atoms with Crippen LogP contribution in [-0.4, -0.2) is 80.3 Å². The van der Waals surface area contributed by atoms with Gasteiger partial charge in [0.2, 0.25) is 11.8 Å². The lowest BCUT2D eigenvalue weighted by Gasteiger charge is -2.42. The number of carboxylic acid groups (broad SMARTS) is 1. The van der Waals surface area contributed by atoms with Crippen LogP contribution >= 0.6 is 0 Å². The van der Waals surface area contributed by atoms with Crippen molar-refractivity contribution in [3.05, 3.63) is 12.7 Å². The number of aliphatic hydroxyl groups excluding tert-OH is 1. The van der Waals surface area contributed by atoms with Gasteiger partial charge < -0.3 is 24.7 Å². The molecule has 3 unspecified atom stereocenters. The molecule has 0 radical (unpaired) electrons. The van der Waals surface area contributed by atoms with Gasteiger partial charge in [-0.3, -0.25) is 14.4 Å². The molecule has 0 aromatic rings. The minimum atomic E-state index is -1.19. The molecule has 0 aromatic carbocycles. The summed E-state index contributed by atoms with van der Waals surface area (Å²) in [7, 11) is 0. The molecule has 1 aliphatic carbocycles. The van der Waals surface area contributed by atoms with Gasteiger partial charge in [0.1, 0.15) is 17.6 Å². The lowest BCUT2D eigenvalue weighted by atomic mass is 9.62. The van der Waals surface area contributed by atoms with E-state index in [1.807, 2.05) is 18.7 Å². The van der Waals surface area contributed by atoms with Crippen molar-refractivity contribution in [2.24, 2.45) is 17.8 Å². The zero-order chi connectivity index (χ0) is 24.1. The van der Waals surface area contributed by atoms with Gasteiger partial charge in [-0.15, -0.1) is 6.58 Å². The Balaban J connectivity index is 1.82. The summed E-state index contributed by atoms with van der Waals surface area (Å²) >= 11 is 0. The van der Waals surface area contributed by atoms with Crippen LogP contribution < -0.4 is 0 Å². The molecule has 7 atom stereocenters. The highest BCUT2D eigenvalue weighted by molar-refractivity contribution is 5.98. The third-order valence-electron chi connectivity index (χ3n) is 8.95. The van der Waals surface area contributed by atoms with Crippen LogP contribution in [0.4, 0.5) is 0 Å². The van der Waals surface area contributed by atoms with Crippen LogP contribution in [0.1, 0.15) is 65.7 Å². The Hall–Kier alpha value is -1.93. The average Bonchev–Trinajstić information content (AvgIpc) is 3.30. The number of aliphatic carboxylic acids is 1. The average molecular weight is 463 g/mol. The molecule has 2 N–H and O–H groups in total. The lowest BCUT2D eigenvalue weighted by Crippen LogP contribution is -2.60. The van der Waals surface area contributed by atoms with Gasteiger partial charge in [0.15, 0.2) is 0 Å². The molecule has 184 valence electrons. The molecule has 2 amide bonds. The molecular weight excluding hydrogens is 424 g/mol. The fourth-order valence-corrected chi connectivity index (χ4v) is 7.25. The maximum Gasteiger partial charge on any atom is 0.310 e. The van der Waals surface area contributed by atoms with E-state index in [1.54, 1.807) is 13.0 Å². The van der Waals surface area contributed by atoms with Gasteiger partial charge in [0.25, 0.3) is 0 Å². The van der Waals surface area contributed by atoms with E-state index in [0.29, 0.717) is 19.4 Å². The highest BCUT2D eigenvalue weighted by atomic mass is 16.5. The Morgan fingerprint density at radius 2 is 2.00 bits per heavy atom. The van der Waals surface area contributed by atoms with Crippen molar-refractivity contribution in [3.63, 3.8) is 0 Å². The molecule has 33 heavy (non-hydrogen) atoms. The Morgan fingerprint density at radius 3 is 2.55 bits per heavy atom. The van der Waals surface area contributed by atoms with Gasteiger partial charge >= 0.3 is 5.97 Å². The summed E-state index contributed by atoms with van der Waals surface area (Å²) in [5, 5.41) is 20.2. The molecule has 4 aliphatic rings. The van der Waals surface area contributed by atoms with Crippen molar-refractivity contribution < 1.29 is 29.3 Å².